The summed E-state index contributed by atoms with van der Waals surface area (Å²) in [6, 6.07) is 11.8. The van der Waals surface area contributed by atoms with Crippen LogP contribution >= 0.6 is 0 Å². The maximum atomic E-state index is 11.6. The van der Waals surface area contributed by atoms with E-state index in [0.29, 0.717) is 0 Å². The highest BCUT2D eigenvalue weighted by Gasteiger charge is 2.29. The fraction of sp³-hybridized carbons (Fsp3) is 0.200. The minimum atomic E-state index is 0.145. The van der Waals surface area contributed by atoms with Gasteiger partial charge in [0, 0.05) is 24.0 Å². The monoisotopic (exact) mass is 238 g/mol. The maximum absolute atomic E-state index is 11.6. The molecule has 1 heterocycles. The largest absolute Gasteiger partial charge is 0.326 e. The van der Waals surface area contributed by atoms with E-state index < -0.39 is 0 Å². The highest BCUT2D eigenvalue weighted by atomic mass is 16.2. The van der Waals surface area contributed by atoms with Gasteiger partial charge >= 0.3 is 0 Å². The highest BCUT2D eigenvalue weighted by molar-refractivity contribution is 5.94. The number of hydrogen-bond acceptors (Lipinski definition) is 2. The molecule has 1 aliphatic rings. The van der Waals surface area contributed by atoms with Gasteiger partial charge in [-0.1, -0.05) is 12.1 Å². The second-order valence-electron chi connectivity index (χ2n) is 4.58. The summed E-state index contributed by atoms with van der Waals surface area (Å²) in [5.74, 6) is 0.386. The van der Waals surface area contributed by atoms with Crippen LogP contribution in [0.15, 0.2) is 48.8 Å². The molecule has 3 rings (SSSR count). The summed E-state index contributed by atoms with van der Waals surface area (Å²) in [7, 11) is 0. The molecule has 1 amide bonds. The molecule has 1 aliphatic carbocycles. The molecule has 18 heavy (non-hydrogen) atoms. The Hall–Kier alpha value is -2.16. The van der Waals surface area contributed by atoms with Gasteiger partial charge in [0.2, 0.25) is 5.91 Å². The smallest absolute Gasteiger partial charge is 0.227 e. The molecule has 0 unspecified atom stereocenters. The summed E-state index contributed by atoms with van der Waals surface area (Å²) in [6.07, 6.45) is 5.61. The zero-order valence-electron chi connectivity index (χ0n) is 9.97. The van der Waals surface area contributed by atoms with Crippen LogP contribution in [0.2, 0.25) is 0 Å². The molecule has 0 aliphatic heterocycles. The van der Waals surface area contributed by atoms with E-state index in [-0.39, 0.29) is 11.8 Å². The van der Waals surface area contributed by atoms with Crippen molar-refractivity contribution >= 4 is 11.6 Å². The third kappa shape index (κ3) is 2.40. The summed E-state index contributed by atoms with van der Waals surface area (Å²) < 4.78 is 0. The number of nitrogens with zero attached hydrogens (tertiary/aromatic N) is 1. The van der Waals surface area contributed by atoms with Gasteiger partial charge < -0.3 is 5.32 Å². The van der Waals surface area contributed by atoms with Crippen LogP contribution in [0.4, 0.5) is 5.69 Å². The lowest BCUT2D eigenvalue weighted by Crippen LogP contribution is -2.12. The lowest BCUT2D eigenvalue weighted by atomic mass is 10.1. The van der Waals surface area contributed by atoms with E-state index in [9.17, 15) is 4.79 Å². The molecule has 2 aromatic rings. The van der Waals surface area contributed by atoms with Gasteiger partial charge in [0.15, 0.2) is 0 Å². The molecule has 0 saturated heterocycles. The number of rotatable bonds is 3. The molecule has 1 aromatic heterocycles. The Labute approximate surface area is 106 Å². The average Bonchev–Trinajstić information content (AvgIpc) is 3.25. The Kier molecular flexibility index (Phi) is 2.81. The van der Waals surface area contributed by atoms with Gasteiger partial charge in [0.25, 0.3) is 0 Å². The van der Waals surface area contributed by atoms with Crippen molar-refractivity contribution in [2.45, 2.75) is 12.8 Å². The molecular weight excluding hydrogens is 224 g/mol. The standard InChI is InChI=1S/C15H14N2O/c18-15(13-1-2-13)17-14-5-3-11(4-6-14)12-7-9-16-10-8-12/h3-10,13H,1-2H2,(H,17,18). The second-order valence-corrected chi connectivity index (χ2v) is 4.58. The van der Waals surface area contributed by atoms with E-state index in [1.807, 2.05) is 36.4 Å². The molecule has 1 fully saturated rings. The number of nitrogens with one attached hydrogen (secondary N) is 1. The van der Waals surface area contributed by atoms with E-state index in [4.69, 9.17) is 0 Å². The number of aromatic nitrogens is 1. The molecule has 3 heteroatoms. The molecular formula is C15H14N2O. The molecule has 1 N–H and O–H groups in total. The van der Waals surface area contributed by atoms with Gasteiger partial charge in [-0.05, 0) is 48.2 Å². The molecule has 1 saturated carbocycles. The maximum Gasteiger partial charge on any atom is 0.227 e. The second kappa shape index (κ2) is 4.61. The first kappa shape index (κ1) is 11.0. The Balaban J connectivity index is 1.74. The number of anilines is 1. The Morgan fingerprint density at radius 1 is 1.00 bits per heavy atom. The molecule has 0 bridgehead atoms. The molecule has 0 spiro atoms. The molecule has 90 valence electrons. The topological polar surface area (TPSA) is 42.0 Å². The van der Waals surface area contributed by atoms with E-state index in [0.717, 1.165) is 29.7 Å². The first-order valence-electron chi connectivity index (χ1n) is 6.14. The third-order valence-corrected chi connectivity index (χ3v) is 3.11. The van der Waals surface area contributed by atoms with Crippen LogP contribution in [-0.4, -0.2) is 10.9 Å². The number of pyridine rings is 1. The van der Waals surface area contributed by atoms with Crippen LogP contribution in [0, 0.1) is 5.92 Å². The van der Waals surface area contributed by atoms with Crippen LogP contribution in [0.25, 0.3) is 11.1 Å². The van der Waals surface area contributed by atoms with Crippen molar-refractivity contribution in [2.75, 3.05) is 5.32 Å². The fourth-order valence-electron chi connectivity index (χ4n) is 1.88. The summed E-state index contributed by atoms with van der Waals surface area (Å²) in [5.41, 5.74) is 3.12. The predicted molar refractivity (Wildman–Crippen MR) is 71.0 cm³/mol. The van der Waals surface area contributed by atoms with Crippen molar-refractivity contribution in [3.05, 3.63) is 48.8 Å². The number of hydrogen-bond donors (Lipinski definition) is 1. The van der Waals surface area contributed by atoms with Gasteiger partial charge in [0.1, 0.15) is 0 Å². The number of carbonyl (C=O) groups is 1. The molecule has 3 nitrogen and oxygen atoms in total. The molecule has 1 aromatic carbocycles. The number of amides is 1. The normalized spacial score (nSPS) is 14.2. The minimum Gasteiger partial charge on any atom is -0.326 e. The summed E-state index contributed by atoms with van der Waals surface area (Å²) in [4.78, 5) is 15.6. The zero-order chi connectivity index (χ0) is 12.4. The molecule has 0 atom stereocenters. The van der Waals surface area contributed by atoms with E-state index in [1.54, 1.807) is 12.4 Å². The van der Waals surface area contributed by atoms with Crippen LogP contribution in [0.5, 0.6) is 0 Å². The van der Waals surface area contributed by atoms with Crippen LogP contribution in [0.3, 0.4) is 0 Å². The van der Waals surface area contributed by atoms with E-state index >= 15 is 0 Å². The van der Waals surface area contributed by atoms with Gasteiger partial charge in [-0.15, -0.1) is 0 Å². The highest BCUT2D eigenvalue weighted by Crippen LogP contribution is 2.30. The summed E-state index contributed by atoms with van der Waals surface area (Å²) >= 11 is 0. The van der Waals surface area contributed by atoms with Crippen LogP contribution < -0.4 is 5.32 Å². The quantitative estimate of drug-likeness (QED) is 0.892. The van der Waals surface area contributed by atoms with Crippen molar-refractivity contribution in [1.29, 1.82) is 0 Å². The van der Waals surface area contributed by atoms with Crippen LogP contribution in [-0.2, 0) is 4.79 Å². The van der Waals surface area contributed by atoms with Crippen molar-refractivity contribution in [1.82, 2.24) is 4.98 Å². The minimum absolute atomic E-state index is 0.145. The van der Waals surface area contributed by atoms with Gasteiger partial charge in [-0.2, -0.15) is 0 Å². The van der Waals surface area contributed by atoms with Crippen molar-refractivity contribution < 1.29 is 4.79 Å². The van der Waals surface area contributed by atoms with Gasteiger partial charge in [-0.25, -0.2) is 0 Å². The Morgan fingerprint density at radius 3 is 2.22 bits per heavy atom. The first-order valence-corrected chi connectivity index (χ1v) is 6.14. The summed E-state index contributed by atoms with van der Waals surface area (Å²) in [6.45, 7) is 0. The van der Waals surface area contributed by atoms with Crippen molar-refractivity contribution in [3.8, 4) is 11.1 Å². The van der Waals surface area contributed by atoms with E-state index in [1.165, 1.54) is 0 Å². The van der Waals surface area contributed by atoms with Crippen molar-refractivity contribution in [3.63, 3.8) is 0 Å². The lowest BCUT2D eigenvalue weighted by Gasteiger charge is -2.06. The first-order chi connectivity index (χ1) is 8.83. The van der Waals surface area contributed by atoms with Crippen LogP contribution in [0.1, 0.15) is 12.8 Å². The Morgan fingerprint density at radius 2 is 1.61 bits per heavy atom. The molecule has 0 radical (unpaired) electrons. The lowest BCUT2D eigenvalue weighted by molar-refractivity contribution is -0.117. The predicted octanol–water partition coefficient (Wildman–Crippen LogP) is 3.10. The summed E-state index contributed by atoms with van der Waals surface area (Å²) in [5, 5.41) is 2.93. The van der Waals surface area contributed by atoms with Gasteiger partial charge in [-0.3, -0.25) is 9.78 Å². The fourth-order valence-corrected chi connectivity index (χ4v) is 1.88. The zero-order valence-corrected chi connectivity index (χ0v) is 9.97. The van der Waals surface area contributed by atoms with Crippen molar-refractivity contribution in [2.24, 2.45) is 5.92 Å². The number of carbonyl (C=O) groups excluding carboxylic acids is 1. The Bertz CT molecular complexity index is 544. The SMILES string of the molecule is O=C(Nc1ccc(-c2ccncc2)cc1)C1CC1. The van der Waals surface area contributed by atoms with Gasteiger partial charge in [0.05, 0.1) is 0 Å². The average molecular weight is 238 g/mol. The van der Waals surface area contributed by atoms with E-state index in [2.05, 4.69) is 10.3 Å². The number of benzene rings is 1. The third-order valence-electron chi connectivity index (χ3n) is 3.11.